The first kappa shape index (κ1) is 10.7. The molecule has 0 unspecified atom stereocenters. The molecule has 4 heteroatoms. The topological polar surface area (TPSA) is 45.2 Å². The average molecular weight is 217 g/mol. The molecule has 1 saturated heterocycles. The predicted octanol–water partition coefficient (Wildman–Crippen LogP) is 0.962. The predicted molar refractivity (Wildman–Crippen MR) is 63.2 cm³/mol. The van der Waals surface area contributed by atoms with Crippen molar-refractivity contribution in [2.45, 2.75) is 12.5 Å². The van der Waals surface area contributed by atoms with Crippen LogP contribution in [0.2, 0.25) is 0 Å². The summed E-state index contributed by atoms with van der Waals surface area (Å²) in [5, 5.41) is 2.90. The van der Waals surface area contributed by atoms with E-state index in [9.17, 15) is 4.79 Å². The number of hydrogen-bond acceptors (Lipinski definition) is 3. The Labute approximate surface area is 95.0 Å². The Morgan fingerprint density at radius 2 is 2.50 bits per heavy atom. The highest BCUT2D eigenvalue weighted by Gasteiger charge is 2.23. The Kier molecular flexibility index (Phi) is 3.19. The number of nitrogens with one attached hydrogen (secondary N) is 1. The first-order valence-electron chi connectivity index (χ1n) is 5.38. The summed E-state index contributed by atoms with van der Waals surface area (Å²) in [4.78, 5) is 17.6. The molecule has 1 aromatic heterocycles. The van der Waals surface area contributed by atoms with Crippen molar-refractivity contribution in [3.8, 4) is 0 Å². The lowest BCUT2D eigenvalue weighted by atomic mass is 10.2. The van der Waals surface area contributed by atoms with Gasteiger partial charge in [0, 0.05) is 25.3 Å². The third-order valence-electron chi connectivity index (χ3n) is 2.69. The SMILES string of the molecule is C=CC(=O)N[C@@H]1CCN(c2ccccn2)C1. The molecule has 1 aromatic rings. The zero-order chi connectivity index (χ0) is 11.4. The minimum Gasteiger partial charge on any atom is -0.354 e. The summed E-state index contributed by atoms with van der Waals surface area (Å²) in [5.41, 5.74) is 0. The van der Waals surface area contributed by atoms with Crippen LogP contribution in [-0.4, -0.2) is 30.0 Å². The molecule has 4 nitrogen and oxygen atoms in total. The summed E-state index contributed by atoms with van der Waals surface area (Å²) in [6, 6.07) is 6.05. The van der Waals surface area contributed by atoms with Gasteiger partial charge in [-0.1, -0.05) is 12.6 Å². The standard InChI is InChI=1S/C12H15N3O/c1-2-12(16)14-10-6-8-15(9-10)11-5-3-4-7-13-11/h2-5,7,10H,1,6,8-9H2,(H,14,16)/t10-/m1/s1. The lowest BCUT2D eigenvalue weighted by molar-refractivity contribution is -0.117. The first-order chi connectivity index (χ1) is 7.79. The summed E-state index contributed by atoms with van der Waals surface area (Å²) in [7, 11) is 0. The van der Waals surface area contributed by atoms with Gasteiger partial charge in [-0.15, -0.1) is 0 Å². The van der Waals surface area contributed by atoms with Crippen LogP contribution in [0.15, 0.2) is 37.1 Å². The van der Waals surface area contributed by atoms with Crippen LogP contribution in [0, 0.1) is 0 Å². The second-order valence-electron chi connectivity index (χ2n) is 3.83. The second-order valence-corrected chi connectivity index (χ2v) is 3.83. The van der Waals surface area contributed by atoms with Gasteiger partial charge in [0.05, 0.1) is 0 Å². The van der Waals surface area contributed by atoms with E-state index in [1.54, 1.807) is 6.20 Å². The van der Waals surface area contributed by atoms with Gasteiger partial charge in [-0.3, -0.25) is 4.79 Å². The third-order valence-corrected chi connectivity index (χ3v) is 2.69. The number of hydrogen-bond donors (Lipinski definition) is 1. The van der Waals surface area contributed by atoms with Gasteiger partial charge in [0.15, 0.2) is 0 Å². The normalized spacial score (nSPS) is 19.5. The average Bonchev–Trinajstić information content (AvgIpc) is 2.78. The van der Waals surface area contributed by atoms with Crippen LogP contribution in [0.25, 0.3) is 0 Å². The summed E-state index contributed by atoms with van der Waals surface area (Å²) in [6.45, 7) is 5.19. The molecule has 1 atom stereocenters. The fraction of sp³-hybridized carbons (Fsp3) is 0.333. The van der Waals surface area contributed by atoms with Crippen LogP contribution in [-0.2, 0) is 4.79 Å². The van der Waals surface area contributed by atoms with Crippen LogP contribution in [0.5, 0.6) is 0 Å². The minimum atomic E-state index is -0.104. The Hall–Kier alpha value is -1.84. The molecule has 1 N–H and O–H groups in total. The van der Waals surface area contributed by atoms with E-state index in [1.165, 1.54) is 6.08 Å². The molecule has 0 spiro atoms. The molecule has 16 heavy (non-hydrogen) atoms. The molecular formula is C12H15N3O. The molecule has 2 heterocycles. The van der Waals surface area contributed by atoms with Gasteiger partial charge in [-0.2, -0.15) is 0 Å². The zero-order valence-electron chi connectivity index (χ0n) is 9.10. The van der Waals surface area contributed by atoms with Crippen molar-refractivity contribution in [2.75, 3.05) is 18.0 Å². The fourth-order valence-electron chi connectivity index (χ4n) is 1.89. The van der Waals surface area contributed by atoms with E-state index in [4.69, 9.17) is 0 Å². The minimum absolute atomic E-state index is 0.104. The van der Waals surface area contributed by atoms with Crippen LogP contribution in [0.4, 0.5) is 5.82 Å². The quantitative estimate of drug-likeness (QED) is 0.767. The highest BCUT2D eigenvalue weighted by atomic mass is 16.1. The molecule has 1 amide bonds. The number of amides is 1. The maximum atomic E-state index is 11.1. The van der Waals surface area contributed by atoms with Crippen molar-refractivity contribution in [1.82, 2.24) is 10.3 Å². The van der Waals surface area contributed by atoms with Crippen LogP contribution < -0.4 is 10.2 Å². The van der Waals surface area contributed by atoms with Crippen LogP contribution >= 0.6 is 0 Å². The van der Waals surface area contributed by atoms with Crippen LogP contribution in [0.1, 0.15) is 6.42 Å². The summed E-state index contributed by atoms with van der Waals surface area (Å²) in [6.07, 6.45) is 4.05. The number of anilines is 1. The Balaban J connectivity index is 1.93. The van der Waals surface area contributed by atoms with E-state index >= 15 is 0 Å². The van der Waals surface area contributed by atoms with Gasteiger partial charge < -0.3 is 10.2 Å². The third kappa shape index (κ3) is 2.39. The smallest absolute Gasteiger partial charge is 0.243 e. The Morgan fingerprint density at radius 1 is 1.62 bits per heavy atom. The van der Waals surface area contributed by atoms with Crippen molar-refractivity contribution in [2.24, 2.45) is 0 Å². The summed E-state index contributed by atoms with van der Waals surface area (Å²) >= 11 is 0. The summed E-state index contributed by atoms with van der Waals surface area (Å²) < 4.78 is 0. The van der Waals surface area contributed by atoms with E-state index in [0.29, 0.717) is 0 Å². The van der Waals surface area contributed by atoms with Gasteiger partial charge in [-0.05, 0) is 24.6 Å². The van der Waals surface area contributed by atoms with Gasteiger partial charge in [0.2, 0.25) is 5.91 Å². The molecule has 0 bridgehead atoms. The fourth-order valence-corrected chi connectivity index (χ4v) is 1.89. The van der Waals surface area contributed by atoms with E-state index in [-0.39, 0.29) is 11.9 Å². The van der Waals surface area contributed by atoms with E-state index in [2.05, 4.69) is 21.8 Å². The lowest BCUT2D eigenvalue weighted by Gasteiger charge is -2.17. The second kappa shape index (κ2) is 4.79. The lowest BCUT2D eigenvalue weighted by Crippen LogP contribution is -2.36. The number of aromatic nitrogens is 1. The highest BCUT2D eigenvalue weighted by molar-refractivity contribution is 5.87. The van der Waals surface area contributed by atoms with E-state index in [1.807, 2.05) is 18.2 Å². The largest absolute Gasteiger partial charge is 0.354 e. The molecule has 1 aliphatic rings. The van der Waals surface area contributed by atoms with Gasteiger partial charge in [-0.25, -0.2) is 4.98 Å². The molecular weight excluding hydrogens is 202 g/mol. The number of carbonyl (C=O) groups excluding carboxylic acids is 1. The molecule has 0 saturated carbocycles. The maximum absolute atomic E-state index is 11.1. The molecule has 0 aromatic carbocycles. The monoisotopic (exact) mass is 217 g/mol. The Bertz CT molecular complexity index is 377. The van der Waals surface area contributed by atoms with Crippen molar-refractivity contribution < 1.29 is 4.79 Å². The highest BCUT2D eigenvalue weighted by Crippen LogP contribution is 2.16. The maximum Gasteiger partial charge on any atom is 0.243 e. The van der Waals surface area contributed by atoms with Crippen molar-refractivity contribution in [3.05, 3.63) is 37.1 Å². The van der Waals surface area contributed by atoms with Gasteiger partial charge in [0.1, 0.15) is 5.82 Å². The first-order valence-corrected chi connectivity index (χ1v) is 5.38. The van der Waals surface area contributed by atoms with Crippen molar-refractivity contribution in [1.29, 1.82) is 0 Å². The molecule has 84 valence electrons. The molecule has 1 aliphatic heterocycles. The molecule has 0 radical (unpaired) electrons. The zero-order valence-corrected chi connectivity index (χ0v) is 9.10. The molecule has 0 aliphatic carbocycles. The molecule has 2 rings (SSSR count). The van der Waals surface area contributed by atoms with E-state index in [0.717, 1.165) is 25.3 Å². The number of rotatable bonds is 3. The molecule has 1 fully saturated rings. The van der Waals surface area contributed by atoms with Gasteiger partial charge >= 0.3 is 0 Å². The number of pyridine rings is 1. The van der Waals surface area contributed by atoms with E-state index < -0.39 is 0 Å². The Morgan fingerprint density at radius 3 is 3.19 bits per heavy atom. The van der Waals surface area contributed by atoms with Crippen molar-refractivity contribution >= 4 is 11.7 Å². The van der Waals surface area contributed by atoms with Gasteiger partial charge in [0.25, 0.3) is 0 Å². The number of carbonyl (C=O) groups is 1. The van der Waals surface area contributed by atoms with Crippen LogP contribution in [0.3, 0.4) is 0 Å². The summed E-state index contributed by atoms with van der Waals surface area (Å²) in [5.74, 6) is 0.866. The van der Waals surface area contributed by atoms with Crippen molar-refractivity contribution in [3.63, 3.8) is 0 Å². The number of nitrogens with zero attached hydrogens (tertiary/aromatic N) is 2.